The molecule has 0 fully saturated rings. The number of amides is 1. The molecule has 0 saturated heterocycles. The number of anilines is 1. The van der Waals surface area contributed by atoms with Gasteiger partial charge in [-0.05, 0) is 35.9 Å². The molecule has 7 heteroatoms. The second-order valence-electron chi connectivity index (χ2n) is 6.93. The molecule has 3 aromatic carbocycles. The van der Waals surface area contributed by atoms with Crippen LogP contribution in [-0.4, -0.2) is 21.1 Å². The second-order valence-corrected chi connectivity index (χ2v) is 7.85. The first-order valence-electron chi connectivity index (χ1n) is 9.74. The molecule has 0 saturated carbocycles. The van der Waals surface area contributed by atoms with Crippen LogP contribution in [0.15, 0.2) is 94.7 Å². The zero-order chi connectivity index (χ0) is 21.0. The Hall–Kier alpha value is -3.84. The number of para-hydroxylation sites is 2. The summed E-state index contributed by atoms with van der Waals surface area (Å²) in [5.41, 5.74) is 4.37. The third-order valence-corrected chi connectivity index (χ3v) is 5.73. The van der Waals surface area contributed by atoms with Gasteiger partial charge in [0.25, 0.3) is 17.0 Å². The number of aromatic nitrogens is 3. The number of H-pyrrole nitrogens is 1. The fourth-order valence-electron chi connectivity index (χ4n) is 3.25. The summed E-state index contributed by atoms with van der Waals surface area (Å²) in [6.45, 7) is 0. The minimum absolute atomic E-state index is 0.134. The predicted octanol–water partition coefficient (Wildman–Crippen LogP) is 5.76. The van der Waals surface area contributed by atoms with E-state index < -0.39 is 0 Å². The number of carbonyl (C=O) groups is 1. The maximum Gasteiger partial charge on any atom is 0.277 e. The van der Waals surface area contributed by atoms with Gasteiger partial charge in [-0.15, -0.1) is 10.2 Å². The van der Waals surface area contributed by atoms with Crippen LogP contribution < -0.4 is 5.32 Å². The molecule has 0 unspecified atom stereocenters. The van der Waals surface area contributed by atoms with E-state index in [2.05, 4.69) is 20.5 Å². The van der Waals surface area contributed by atoms with E-state index in [1.54, 1.807) is 0 Å². The van der Waals surface area contributed by atoms with E-state index in [-0.39, 0.29) is 5.91 Å². The fourth-order valence-corrected chi connectivity index (χ4v) is 3.97. The minimum Gasteiger partial charge on any atom is -0.411 e. The third-order valence-electron chi connectivity index (χ3n) is 4.84. The highest BCUT2D eigenvalue weighted by molar-refractivity contribution is 7.98. The van der Waals surface area contributed by atoms with Crippen molar-refractivity contribution in [2.75, 3.05) is 5.32 Å². The molecule has 0 radical (unpaired) electrons. The van der Waals surface area contributed by atoms with Gasteiger partial charge in [-0.1, -0.05) is 60.3 Å². The van der Waals surface area contributed by atoms with Gasteiger partial charge in [0.2, 0.25) is 0 Å². The monoisotopic (exact) mass is 426 g/mol. The maximum absolute atomic E-state index is 12.4. The van der Waals surface area contributed by atoms with Gasteiger partial charge in [-0.25, -0.2) is 0 Å². The summed E-state index contributed by atoms with van der Waals surface area (Å²) in [5, 5.41) is 12.8. The summed E-state index contributed by atoms with van der Waals surface area (Å²) in [5.74, 6) is 1.02. The quantitative estimate of drug-likeness (QED) is 0.337. The van der Waals surface area contributed by atoms with Crippen molar-refractivity contribution in [2.24, 2.45) is 0 Å². The molecule has 31 heavy (non-hydrogen) atoms. The highest BCUT2D eigenvalue weighted by Crippen LogP contribution is 2.30. The lowest BCUT2D eigenvalue weighted by Crippen LogP contribution is -2.11. The van der Waals surface area contributed by atoms with E-state index in [4.69, 9.17) is 4.42 Å². The van der Waals surface area contributed by atoms with Crippen LogP contribution in [0.5, 0.6) is 0 Å². The van der Waals surface area contributed by atoms with Crippen molar-refractivity contribution < 1.29 is 9.21 Å². The SMILES string of the molecule is O=C(Nc1ccccc1)c1ccc(CSc2nnc(-c3c[nH]c4ccccc34)o2)cc1. The summed E-state index contributed by atoms with van der Waals surface area (Å²) >= 11 is 1.46. The first-order valence-corrected chi connectivity index (χ1v) is 10.7. The molecule has 5 rings (SSSR count). The normalized spacial score (nSPS) is 11.0. The van der Waals surface area contributed by atoms with E-state index in [0.717, 1.165) is 27.7 Å². The van der Waals surface area contributed by atoms with Crippen LogP contribution in [0.1, 0.15) is 15.9 Å². The maximum atomic E-state index is 12.4. The number of aromatic amines is 1. The van der Waals surface area contributed by atoms with Crippen molar-refractivity contribution in [3.8, 4) is 11.5 Å². The Morgan fingerprint density at radius 3 is 2.55 bits per heavy atom. The molecule has 2 N–H and O–H groups in total. The lowest BCUT2D eigenvalue weighted by atomic mass is 10.1. The number of thioether (sulfide) groups is 1. The summed E-state index contributed by atoms with van der Waals surface area (Å²) in [6, 6.07) is 24.9. The number of nitrogens with one attached hydrogen (secondary N) is 2. The van der Waals surface area contributed by atoms with Crippen molar-refractivity contribution in [1.29, 1.82) is 0 Å². The molecule has 0 bridgehead atoms. The van der Waals surface area contributed by atoms with Crippen LogP contribution in [0.4, 0.5) is 5.69 Å². The van der Waals surface area contributed by atoms with E-state index in [9.17, 15) is 4.79 Å². The Balaban J connectivity index is 1.22. The lowest BCUT2D eigenvalue weighted by molar-refractivity contribution is 0.102. The van der Waals surface area contributed by atoms with Crippen LogP contribution in [-0.2, 0) is 5.75 Å². The molecule has 2 aromatic heterocycles. The van der Waals surface area contributed by atoms with Gasteiger partial charge in [0.05, 0.1) is 5.56 Å². The number of rotatable bonds is 6. The largest absolute Gasteiger partial charge is 0.411 e. The summed E-state index contributed by atoms with van der Waals surface area (Å²) in [6.07, 6.45) is 1.88. The zero-order valence-corrected chi connectivity index (χ0v) is 17.2. The Labute approximate surface area is 182 Å². The summed E-state index contributed by atoms with van der Waals surface area (Å²) in [4.78, 5) is 15.6. The highest BCUT2D eigenvalue weighted by atomic mass is 32.2. The van der Waals surface area contributed by atoms with Gasteiger partial charge in [0.1, 0.15) is 0 Å². The van der Waals surface area contributed by atoms with Crippen molar-refractivity contribution >= 4 is 34.3 Å². The number of carbonyl (C=O) groups excluding carboxylic acids is 1. The minimum atomic E-state index is -0.134. The van der Waals surface area contributed by atoms with Crippen molar-refractivity contribution in [3.05, 3.63) is 96.2 Å². The van der Waals surface area contributed by atoms with Crippen molar-refractivity contribution in [2.45, 2.75) is 11.0 Å². The fraction of sp³-hybridized carbons (Fsp3) is 0.0417. The Bertz CT molecular complexity index is 1330. The summed E-state index contributed by atoms with van der Waals surface area (Å²) in [7, 11) is 0. The Morgan fingerprint density at radius 1 is 0.935 bits per heavy atom. The molecule has 0 spiro atoms. The van der Waals surface area contributed by atoms with E-state index in [0.29, 0.717) is 22.4 Å². The molecule has 2 heterocycles. The zero-order valence-electron chi connectivity index (χ0n) is 16.4. The molecule has 0 aliphatic rings. The number of benzene rings is 3. The molecule has 152 valence electrons. The predicted molar refractivity (Wildman–Crippen MR) is 122 cm³/mol. The number of hydrogen-bond donors (Lipinski definition) is 2. The first-order chi connectivity index (χ1) is 15.3. The van der Waals surface area contributed by atoms with E-state index in [1.807, 2.05) is 85.1 Å². The molecular weight excluding hydrogens is 408 g/mol. The smallest absolute Gasteiger partial charge is 0.277 e. The van der Waals surface area contributed by atoms with E-state index in [1.165, 1.54) is 11.8 Å². The molecule has 0 atom stereocenters. The Morgan fingerprint density at radius 2 is 1.71 bits per heavy atom. The molecule has 0 aliphatic heterocycles. The Kier molecular flexibility index (Phi) is 5.24. The van der Waals surface area contributed by atoms with Crippen LogP contribution in [0.3, 0.4) is 0 Å². The van der Waals surface area contributed by atoms with Crippen molar-refractivity contribution in [3.63, 3.8) is 0 Å². The highest BCUT2D eigenvalue weighted by Gasteiger charge is 2.13. The van der Waals surface area contributed by atoms with Gasteiger partial charge >= 0.3 is 0 Å². The van der Waals surface area contributed by atoms with Gasteiger partial charge in [0, 0.05) is 34.1 Å². The average molecular weight is 427 g/mol. The lowest BCUT2D eigenvalue weighted by Gasteiger charge is -2.05. The molecule has 1 amide bonds. The van der Waals surface area contributed by atoms with Crippen LogP contribution in [0.25, 0.3) is 22.4 Å². The van der Waals surface area contributed by atoms with Crippen LogP contribution in [0.2, 0.25) is 0 Å². The van der Waals surface area contributed by atoms with E-state index >= 15 is 0 Å². The second kappa shape index (κ2) is 8.49. The first kappa shape index (κ1) is 19.1. The van der Waals surface area contributed by atoms with Gasteiger partial charge in [-0.3, -0.25) is 4.79 Å². The van der Waals surface area contributed by atoms with Crippen LogP contribution in [0, 0.1) is 0 Å². The number of hydrogen-bond acceptors (Lipinski definition) is 5. The van der Waals surface area contributed by atoms with Gasteiger partial charge < -0.3 is 14.7 Å². The average Bonchev–Trinajstić information content (AvgIpc) is 3.45. The number of nitrogens with zero attached hydrogens (tertiary/aromatic N) is 2. The van der Waals surface area contributed by atoms with Gasteiger partial charge in [0.15, 0.2) is 0 Å². The standard InChI is InChI=1S/C24H18N4O2S/c29-22(26-18-6-2-1-3-7-18)17-12-10-16(11-13-17)15-31-24-28-27-23(30-24)20-14-25-21-9-5-4-8-19(20)21/h1-14,25H,15H2,(H,26,29). The topological polar surface area (TPSA) is 83.8 Å². The molecule has 0 aliphatic carbocycles. The molecule has 6 nitrogen and oxygen atoms in total. The summed E-state index contributed by atoms with van der Waals surface area (Å²) < 4.78 is 5.84. The van der Waals surface area contributed by atoms with Crippen molar-refractivity contribution in [1.82, 2.24) is 15.2 Å². The van der Waals surface area contributed by atoms with Crippen LogP contribution >= 0.6 is 11.8 Å². The van der Waals surface area contributed by atoms with Gasteiger partial charge in [-0.2, -0.15) is 0 Å². The molecule has 5 aromatic rings. The third kappa shape index (κ3) is 4.22. The molecular formula is C24H18N4O2S. The number of fused-ring (bicyclic) bond motifs is 1.